The summed E-state index contributed by atoms with van der Waals surface area (Å²) in [5.74, 6) is 0.577. The van der Waals surface area contributed by atoms with Crippen LogP contribution in [0.25, 0.3) is 0 Å². The Morgan fingerprint density at radius 3 is 2.75 bits per heavy atom. The summed E-state index contributed by atoms with van der Waals surface area (Å²) in [7, 11) is 0. The van der Waals surface area contributed by atoms with Gasteiger partial charge in [-0.25, -0.2) is 0 Å². The Labute approximate surface area is 121 Å². The third kappa shape index (κ3) is 5.61. The standard InChI is InChI=1S/C16H25NO3/c1-5-20-14-8-6-7-13(9-14)15(19)17-11-16(3,4)10-12(2)18/h6-9,12,18H,5,10-11H2,1-4H3,(H,17,19). The molecule has 0 aromatic heterocycles. The van der Waals surface area contributed by atoms with Crippen LogP contribution >= 0.6 is 0 Å². The molecule has 0 heterocycles. The molecular formula is C16H25NO3. The van der Waals surface area contributed by atoms with Gasteiger partial charge in [-0.05, 0) is 43.9 Å². The maximum absolute atomic E-state index is 12.1. The van der Waals surface area contributed by atoms with Crippen LogP contribution in [0.15, 0.2) is 24.3 Å². The molecule has 0 spiro atoms. The van der Waals surface area contributed by atoms with Gasteiger partial charge in [-0.15, -0.1) is 0 Å². The predicted octanol–water partition coefficient (Wildman–Crippen LogP) is 2.61. The molecule has 4 heteroatoms. The molecular weight excluding hydrogens is 254 g/mol. The van der Waals surface area contributed by atoms with Crippen LogP contribution in [-0.4, -0.2) is 30.3 Å². The molecule has 1 rings (SSSR count). The number of hydrogen-bond donors (Lipinski definition) is 2. The van der Waals surface area contributed by atoms with Crippen LogP contribution in [-0.2, 0) is 0 Å². The van der Waals surface area contributed by atoms with E-state index in [1.165, 1.54) is 0 Å². The quantitative estimate of drug-likeness (QED) is 0.806. The molecule has 20 heavy (non-hydrogen) atoms. The molecule has 4 nitrogen and oxygen atoms in total. The molecule has 1 amide bonds. The fraction of sp³-hybridized carbons (Fsp3) is 0.562. The fourth-order valence-electron chi connectivity index (χ4n) is 2.19. The van der Waals surface area contributed by atoms with E-state index in [0.717, 1.165) is 0 Å². The van der Waals surface area contributed by atoms with Crippen molar-refractivity contribution in [2.45, 2.75) is 40.2 Å². The number of benzene rings is 1. The van der Waals surface area contributed by atoms with E-state index in [-0.39, 0.29) is 17.4 Å². The minimum Gasteiger partial charge on any atom is -0.494 e. The van der Waals surface area contributed by atoms with Crippen LogP contribution in [0.3, 0.4) is 0 Å². The molecule has 0 saturated carbocycles. The van der Waals surface area contributed by atoms with Gasteiger partial charge in [0.05, 0.1) is 12.7 Å². The minimum absolute atomic E-state index is 0.120. The Morgan fingerprint density at radius 1 is 1.45 bits per heavy atom. The average Bonchev–Trinajstić information content (AvgIpc) is 2.35. The zero-order valence-corrected chi connectivity index (χ0v) is 12.8. The lowest BCUT2D eigenvalue weighted by molar-refractivity contribution is 0.0901. The normalized spacial score (nSPS) is 12.8. The van der Waals surface area contributed by atoms with Crippen molar-refractivity contribution in [1.29, 1.82) is 0 Å². The third-order valence-corrected chi connectivity index (χ3v) is 2.98. The van der Waals surface area contributed by atoms with E-state index in [4.69, 9.17) is 4.74 Å². The van der Waals surface area contributed by atoms with E-state index in [2.05, 4.69) is 5.32 Å². The highest BCUT2D eigenvalue weighted by molar-refractivity contribution is 5.94. The summed E-state index contributed by atoms with van der Waals surface area (Å²) in [5, 5.41) is 12.3. The lowest BCUT2D eigenvalue weighted by atomic mass is 9.87. The molecule has 0 fully saturated rings. The first-order valence-corrected chi connectivity index (χ1v) is 7.03. The van der Waals surface area contributed by atoms with Gasteiger partial charge >= 0.3 is 0 Å². The summed E-state index contributed by atoms with van der Waals surface area (Å²) < 4.78 is 5.38. The van der Waals surface area contributed by atoms with Crippen LogP contribution in [0.2, 0.25) is 0 Å². The Balaban J connectivity index is 2.60. The first-order valence-electron chi connectivity index (χ1n) is 7.03. The maximum atomic E-state index is 12.1. The summed E-state index contributed by atoms with van der Waals surface area (Å²) in [6.45, 7) is 8.82. The summed E-state index contributed by atoms with van der Waals surface area (Å²) in [6.07, 6.45) is 0.273. The largest absolute Gasteiger partial charge is 0.494 e. The molecule has 0 aliphatic heterocycles. The van der Waals surface area contributed by atoms with Crippen molar-refractivity contribution in [3.63, 3.8) is 0 Å². The van der Waals surface area contributed by atoms with Crippen molar-refractivity contribution in [3.05, 3.63) is 29.8 Å². The van der Waals surface area contributed by atoms with E-state index in [9.17, 15) is 9.90 Å². The second-order valence-corrected chi connectivity index (χ2v) is 5.86. The van der Waals surface area contributed by atoms with Crippen molar-refractivity contribution in [3.8, 4) is 5.75 Å². The van der Waals surface area contributed by atoms with Crippen molar-refractivity contribution in [2.24, 2.45) is 5.41 Å². The van der Waals surface area contributed by atoms with Crippen LogP contribution in [0, 0.1) is 5.41 Å². The highest BCUT2D eigenvalue weighted by Gasteiger charge is 2.21. The van der Waals surface area contributed by atoms with Crippen molar-refractivity contribution < 1.29 is 14.6 Å². The average molecular weight is 279 g/mol. The topological polar surface area (TPSA) is 58.6 Å². The number of nitrogens with one attached hydrogen (secondary N) is 1. The second kappa shape index (κ2) is 7.29. The number of aliphatic hydroxyl groups is 1. The molecule has 1 aromatic carbocycles. The van der Waals surface area contributed by atoms with E-state index < -0.39 is 0 Å². The Kier molecular flexibility index (Phi) is 6.02. The summed E-state index contributed by atoms with van der Waals surface area (Å²) in [5.41, 5.74) is 0.449. The number of amides is 1. The van der Waals surface area contributed by atoms with Gasteiger partial charge in [0.25, 0.3) is 5.91 Å². The molecule has 0 radical (unpaired) electrons. The van der Waals surface area contributed by atoms with Gasteiger partial charge < -0.3 is 15.2 Å². The summed E-state index contributed by atoms with van der Waals surface area (Å²) >= 11 is 0. The van der Waals surface area contributed by atoms with E-state index in [0.29, 0.717) is 30.9 Å². The lowest BCUT2D eigenvalue weighted by Crippen LogP contribution is -2.35. The van der Waals surface area contributed by atoms with Gasteiger partial charge in [-0.3, -0.25) is 4.79 Å². The lowest BCUT2D eigenvalue weighted by Gasteiger charge is -2.26. The van der Waals surface area contributed by atoms with Crippen LogP contribution in [0.4, 0.5) is 0 Å². The molecule has 0 bridgehead atoms. The van der Waals surface area contributed by atoms with Gasteiger partial charge in [0.1, 0.15) is 5.75 Å². The molecule has 2 N–H and O–H groups in total. The molecule has 112 valence electrons. The van der Waals surface area contributed by atoms with Crippen LogP contribution < -0.4 is 10.1 Å². The minimum atomic E-state index is -0.372. The maximum Gasteiger partial charge on any atom is 0.251 e. The molecule has 0 saturated heterocycles. The molecule has 1 unspecified atom stereocenters. The highest BCUT2D eigenvalue weighted by atomic mass is 16.5. The van der Waals surface area contributed by atoms with E-state index in [1.54, 1.807) is 25.1 Å². The molecule has 0 aliphatic rings. The fourth-order valence-corrected chi connectivity index (χ4v) is 2.19. The van der Waals surface area contributed by atoms with Crippen molar-refractivity contribution >= 4 is 5.91 Å². The number of carbonyl (C=O) groups is 1. The van der Waals surface area contributed by atoms with Gasteiger partial charge in [-0.2, -0.15) is 0 Å². The Hall–Kier alpha value is -1.55. The Morgan fingerprint density at radius 2 is 2.15 bits per heavy atom. The zero-order valence-electron chi connectivity index (χ0n) is 12.8. The first kappa shape index (κ1) is 16.5. The van der Waals surface area contributed by atoms with E-state index in [1.807, 2.05) is 26.8 Å². The van der Waals surface area contributed by atoms with Crippen LogP contribution in [0.1, 0.15) is 44.5 Å². The number of rotatable bonds is 7. The molecule has 0 aliphatic carbocycles. The predicted molar refractivity (Wildman–Crippen MR) is 80.0 cm³/mol. The monoisotopic (exact) mass is 279 g/mol. The van der Waals surface area contributed by atoms with Crippen molar-refractivity contribution in [1.82, 2.24) is 5.32 Å². The summed E-state index contributed by atoms with van der Waals surface area (Å²) in [4.78, 5) is 12.1. The number of hydrogen-bond acceptors (Lipinski definition) is 3. The third-order valence-electron chi connectivity index (χ3n) is 2.98. The number of aliphatic hydroxyl groups excluding tert-OH is 1. The number of carbonyl (C=O) groups excluding carboxylic acids is 1. The van der Waals surface area contributed by atoms with Gasteiger partial charge in [0.15, 0.2) is 0 Å². The molecule has 1 atom stereocenters. The smallest absolute Gasteiger partial charge is 0.251 e. The Bertz CT molecular complexity index is 441. The summed E-state index contributed by atoms with van der Waals surface area (Å²) in [6, 6.07) is 7.14. The van der Waals surface area contributed by atoms with Crippen LogP contribution in [0.5, 0.6) is 5.75 Å². The SMILES string of the molecule is CCOc1cccc(C(=O)NCC(C)(C)CC(C)O)c1. The first-order chi connectivity index (χ1) is 9.34. The highest BCUT2D eigenvalue weighted by Crippen LogP contribution is 2.21. The number of ether oxygens (including phenoxy) is 1. The molecule has 1 aromatic rings. The van der Waals surface area contributed by atoms with Gasteiger partial charge in [0, 0.05) is 12.1 Å². The van der Waals surface area contributed by atoms with Crippen molar-refractivity contribution in [2.75, 3.05) is 13.2 Å². The van der Waals surface area contributed by atoms with E-state index >= 15 is 0 Å². The van der Waals surface area contributed by atoms with Gasteiger partial charge in [-0.1, -0.05) is 19.9 Å². The van der Waals surface area contributed by atoms with Gasteiger partial charge in [0.2, 0.25) is 0 Å². The second-order valence-electron chi connectivity index (χ2n) is 5.86. The zero-order chi connectivity index (χ0) is 15.2.